The first-order valence-electron chi connectivity index (χ1n) is 9.57. The van der Waals surface area contributed by atoms with Crippen LogP contribution in [0.1, 0.15) is 46.8 Å². The van der Waals surface area contributed by atoms with Crippen LogP contribution in [0.4, 0.5) is 11.6 Å². The Morgan fingerprint density at radius 3 is 2.38 bits per heavy atom. The van der Waals surface area contributed by atoms with E-state index in [4.69, 9.17) is 4.74 Å². The Hall–Kier alpha value is -3.41. The summed E-state index contributed by atoms with van der Waals surface area (Å²) in [6, 6.07) is 13.8. The van der Waals surface area contributed by atoms with Gasteiger partial charge in [0.25, 0.3) is 5.91 Å². The zero-order valence-corrected chi connectivity index (χ0v) is 17.2. The van der Waals surface area contributed by atoms with Crippen molar-refractivity contribution in [3.63, 3.8) is 0 Å². The van der Waals surface area contributed by atoms with Gasteiger partial charge in [-0.05, 0) is 41.7 Å². The monoisotopic (exact) mass is 390 g/mol. The van der Waals surface area contributed by atoms with Crippen LogP contribution >= 0.6 is 0 Å². The second-order valence-electron chi connectivity index (χ2n) is 7.14. The van der Waals surface area contributed by atoms with E-state index in [2.05, 4.69) is 53.5 Å². The molecule has 0 spiro atoms. The van der Waals surface area contributed by atoms with Crippen molar-refractivity contribution < 1.29 is 9.53 Å². The fourth-order valence-electron chi connectivity index (χ4n) is 2.99. The first-order chi connectivity index (χ1) is 14.0. The van der Waals surface area contributed by atoms with Gasteiger partial charge in [0, 0.05) is 24.6 Å². The third-order valence-electron chi connectivity index (χ3n) is 4.69. The topological polar surface area (TPSA) is 76.1 Å². The van der Waals surface area contributed by atoms with E-state index in [-0.39, 0.29) is 5.91 Å². The highest BCUT2D eigenvalue weighted by atomic mass is 16.5. The van der Waals surface area contributed by atoms with Gasteiger partial charge in [-0.15, -0.1) is 0 Å². The third kappa shape index (κ3) is 5.10. The number of carbonyl (C=O) groups is 1. The van der Waals surface area contributed by atoms with E-state index >= 15 is 0 Å². The molecule has 3 rings (SSSR count). The lowest BCUT2D eigenvalue weighted by atomic mass is 9.98. The van der Waals surface area contributed by atoms with Gasteiger partial charge in [0.15, 0.2) is 0 Å². The minimum atomic E-state index is -0.217. The molecule has 0 bridgehead atoms. The van der Waals surface area contributed by atoms with Crippen LogP contribution in [0.15, 0.2) is 54.9 Å². The molecule has 2 aromatic carbocycles. The summed E-state index contributed by atoms with van der Waals surface area (Å²) < 4.78 is 5.14. The second kappa shape index (κ2) is 9.19. The number of hydrogen-bond donors (Lipinski definition) is 2. The van der Waals surface area contributed by atoms with Crippen molar-refractivity contribution in [2.75, 3.05) is 12.4 Å². The summed E-state index contributed by atoms with van der Waals surface area (Å²) in [7, 11) is 1.62. The smallest absolute Gasteiger partial charge is 0.254 e. The van der Waals surface area contributed by atoms with E-state index in [0.29, 0.717) is 24.0 Å². The van der Waals surface area contributed by atoms with Crippen molar-refractivity contribution in [2.24, 2.45) is 0 Å². The van der Waals surface area contributed by atoms with Crippen molar-refractivity contribution in [3.05, 3.63) is 77.1 Å². The summed E-state index contributed by atoms with van der Waals surface area (Å²) >= 11 is 0. The number of rotatable bonds is 7. The Balaban J connectivity index is 1.65. The predicted octanol–water partition coefficient (Wildman–Crippen LogP) is 4.59. The van der Waals surface area contributed by atoms with Crippen molar-refractivity contribution in [1.29, 1.82) is 0 Å². The molecule has 0 atom stereocenters. The Morgan fingerprint density at radius 2 is 1.76 bits per heavy atom. The van der Waals surface area contributed by atoms with Crippen LogP contribution in [0.25, 0.3) is 0 Å². The molecule has 1 aromatic heterocycles. The number of para-hydroxylation sites is 1. The molecule has 29 heavy (non-hydrogen) atoms. The molecule has 150 valence electrons. The van der Waals surface area contributed by atoms with Gasteiger partial charge in [0.05, 0.1) is 12.7 Å². The van der Waals surface area contributed by atoms with Gasteiger partial charge < -0.3 is 15.4 Å². The molecule has 0 unspecified atom stereocenters. The molecule has 3 aromatic rings. The molecular weight excluding hydrogens is 364 g/mol. The first kappa shape index (κ1) is 20.3. The number of benzene rings is 2. The molecular formula is C23H26N4O2. The van der Waals surface area contributed by atoms with Gasteiger partial charge in [0.1, 0.15) is 5.75 Å². The van der Waals surface area contributed by atoms with Gasteiger partial charge in [-0.1, -0.05) is 44.2 Å². The molecule has 0 aliphatic carbocycles. The van der Waals surface area contributed by atoms with Crippen LogP contribution in [0.5, 0.6) is 5.75 Å². The minimum absolute atomic E-state index is 0.217. The van der Waals surface area contributed by atoms with Crippen molar-refractivity contribution in [2.45, 2.75) is 33.2 Å². The van der Waals surface area contributed by atoms with E-state index < -0.39 is 0 Å². The maximum Gasteiger partial charge on any atom is 0.254 e. The fourth-order valence-corrected chi connectivity index (χ4v) is 2.99. The van der Waals surface area contributed by atoms with Gasteiger partial charge in [-0.2, -0.15) is 0 Å². The molecule has 0 saturated heterocycles. The Morgan fingerprint density at radius 1 is 1.07 bits per heavy atom. The first-order valence-corrected chi connectivity index (χ1v) is 9.57. The zero-order chi connectivity index (χ0) is 20.8. The van der Waals surface area contributed by atoms with Gasteiger partial charge in [-0.3, -0.25) is 4.79 Å². The minimum Gasteiger partial charge on any atom is -0.497 e. The van der Waals surface area contributed by atoms with E-state index in [0.717, 1.165) is 22.6 Å². The average molecular weight is 390 g/mol. The molecule has 6 nitrogen and oxygen atoms in total. The summed E-state index contributed by atoms with van der Waals surface area (Å²) in [5.74, 6) is 1.41. The Bertz CT molecular complexity index is 967. The number of amides is 1. The van der Waals surface area contributed by atoms with E-state index in [1.807, 2.05) is 30.3 Å². The predicted molar refractivity (Wildman–Crippen MR) is 115 cm³/mol. The van der Waals surface area contributed by atoms with Gasteiger partial charge >= 0.3 is 0 Å². The van der Waals surface area contributed by atoms with E-state index in [1.165, 1.54) is 18.0 Å². The van der Waals surface area contributed by atoms with Crippen molar-refractivity contribution in [1.82, 2.24) is 15.3 Å². The number of aromatic nitrogens is 2. The number of carbonyl (C=O) groups excluding carboxylic acids is 1. The lowest BCUT2D eigenvalue weighted by Gasteiger charge is -2.16. The summed E-state index contributed by atoms with van der Waals surface area (Å²) in [6.45, 7) is 6.77. The summed E-state index contributed by atoms with van der Waals surface area (Å²) in [6.07, 6.45) is 3.07. The molecule has 1 amide bonds. The highest BCUT2D eigenvalue weighted by Crippen LogP contribution is 2.29. The number of aryl methyl sites for hydroxylation is 1. The summed E-state index contributed by atoms with van der Waals surface area (Å²) in [4.78, 5) is 21.0. The van der Waals surface area contributed by atoms with Crippen molar-refractivity contribution >= 4 is 17.5 Å². The largest absolute Gasteiger partial charge is 0.497 e. The maximum absolute atomic E-state index is 12.4. The second-order valence-corrected chi connectivity index (χ2v) is 7.14. The van der Waals surface area contributed by atoms with Gasteiger partial charge in [-0.25, -0.2) is 9.97 Å². The van der Waals surface area contributed by atoms with Gasteiger partial charge in [0.2, 0.25) is 5.95 Å². The normalized spacial score (nSPS) is 10.7. The van der Waals surface area contributed by atoms with Crippen LogP contribution in [-0.4, -0.2) is 23.0 Å². The highest BCUT2D eigenvalue weighted by Gasteiger charge is 2.12. The summed E-state index contributed by atoms with van der Waals surface area (Å²) in [5.41, 5.74) is 4.74. The van der Waals surface area contributed by atoms with E-state index in [9.17, 15) is 4.79 Å². The molecule has 1 heterocycles. The molecule has 2 N–H and O–H groups in total. The zero-order valence-electron chi connectivity index (χ0n) is 17.2. The quantitative estimate of drug-likeness (QED) is 0.617. The Kier molecular flexibility index (Phi) is 6.44. The molecule has 0 aliphatic heterocycles. The van der Waals surface area contributed by atoms with Crippen molar-refractivity contribution in [3.8, 4) is 5.75 Å². The standard InChI is InChI=1S/C23H26N4O2/c1-15(2)20-7-5-6-16(3)21(20)27-23-25-13-18(14-26-23)22(28)24-12-17-8-10-19(29-4)11-9-17/h5-11,13-15H,12H2,1-4H3,(H,24,28)(H,25,26,27). The molecule has 0 radical (unpaired) electrons. The summed E-state index contributed by atoms with van der Waals surface area (Å²) in [5, 5.41) is 6.17. The Labute approximate surface area is 171 Å². The number of nitrogens with zero attached hydrogens (tertiary/aromatic N) is 2. The number of ether oxygens (including phenoxy) is 1. The number of nitrogens with one attached hydrogen (secondary N) is 2. The lowest BCUT2D eigenvalue weighted by molar-refractivity contribution is 0.0950. The molecule has 0 fully saturated rings. The van der Waals surface area contributed by atoms with Crippen LogP contribution in [-0.2, 0) is 6.54 Å². The highest BCUT2D eigenvalue weighted by molar-refractivity contribution is 5.93. The van der Waals surface area contributed by atoms with Crippen LogP contribution in [0.3, 0.4) is 0 Å². The number of anilines is 2. The van der Waals surface area contributed by atoms with Crippen LogP contribution < -0.4 is 15.4 Å². The third-order valence-corrected chi connectivity index (χ3v) is 4.69. The molecule has 6 heteroatoms. The number of methoxy groups -OCH3 is 1. The molecule has 0 saturated carbocycles. The van der Waals surface area contributed by atoms with Crippen LogP contribution in [0.2, 0.25) is 0 Å². The molecule has 0 aliphatic rings. The maximum atomic E-state index is 12.4. The SMILES string of the molecule is COc1ccc(CNC(=O)c2cnc(Nc3c(C)cccc3C(C)C)nc2)cc1. The number of hydrogen-bond acceptors (Lipinski definition) is 5. The average Bonchev–Trinajstić information content (AvgIpc) is 2.74. The fraction of sp³-hybridized carbons (Fsp3) is 0.261. The lowest BCUT2D eigenvalue weighted by Crippen LogP contribution is -2.23. The van der Waals surface area contributed by atoms with Crippen LogP contribution in [0, 0.1) is 6.92 Å². The van der Waals surface area contributed by atoms with E-state index in [1.54, 1.807) is 7.11 Å².